The highest BCUT2D eigenvalue weighted by atomic mass is 32.2. The molecule has 0 aliphatic heterocycles. The first kappa shape index (κ1) is 15.3. The molecule has 1 aromatic carbocycles. The fraction of sp³-hybridized carbons (Fsp3) is 0.267. The van der Waals surface area contributed by atoms with Crippen molar-refractivity contribution in [3.8, 4) is 0 Å². The number of H-pyrrole nitrogens is 1. The maximum absolute atomic E-state index is 12.3. The van der Waals surface area contributed by atoms with Crippen LogP contribution >= 0.6 is 11.8 Å². The zero-order valence-electron chi connectivity index (χ0n) is 12.2. The number of carbonyl (C=O) groups is 1. The fourth-order valence-corrected chi connectivity index (χ4v) is 2.43. The van der Waals surface area contributed by atoms with Crippen molar-refractivity contribution in [3.05, 3.63) is 57.3 Å². The normalized spacial score (nSPS) is 10.4. The number of anilines is 1. The average molecular weight is 303 g/mol. The first-order valence-corrected chi connectivity index (χ1v) is 7.87. The van der Waals surface area contributed by atoms with Crippen molar-refractivity contribution in [2.45, 2.75) is 19.6 Å². The Kier molecular flexibility index (Phi) is 4.80. The van der Waals surface area contributed by atoms with Gasteiger partial charge in [0.25, 0.3) is 11.5 Å². The van der Waals surface area contributed by atoms with Crippen molar-refractivity contribution in [1.29, 1.82) is 0 Å². The molecular formula is C15H17N3O2S. The van der Waals surface area contributed by atoms with Crippen LogP contribution in [-0.4, -0.2) is 22.1 Å². The summed E-state index contributed by atoms with van der Waals surface area (Å²) in [7, 11) is 0. The highest BCUT2D eigenvalue weighted by molar-refractivity contribution is 7.97. The molecule has 0 saturated heterocycles. The molecule has 0 fully saturated rings. The lowest BCUT2D eigenvalue weighted by Gasteiger charge is -2.11. The number of rotatable bonds is 4. The van der Waals surface area contributed by atoms with Crippen LogP contribution in [0.3, 0.4) is 0 Å². The quantitative estimate of drug-likeness (QED) is 0.910. The van der Waals surface area contributed by atoms with Gasteiger partial charge in [-0.3, -0.25) is 9.59 Å². The molecule has 0 spiro atoms. The number of aromatic amines is 1. The Morgan fingerprint density at radius 3 is 2.62 bits per heavy atom. The number of hydrogen-bond donors (Lipinski definition) is 2. The summed E-state index contributed by atoms with van der Waals surface area (Å²) in [6.45, 7) is 3.85. The van der Waals surface area contributed by atoms with E-state index in [9.17, 15) is 9.59 Å². The summed E-state index contributed by atoms with van der Waals surface area (Å²) in [5.41, 5.74) is 2.51. The summed E-state index contributed by atoms with van der Waals surface area (Å²) in [5, 5.41) is 2.83. The topological polar surface area (TPSA) is 74.8 Å². The summed E-state index contributed by atoms with van der Waals surface area (Å²) < 4.78 is 0. The molecular weight excluding hydrogens is 286 g/mol. The van der Waals surface area contributed by atoms with E-state index < -0.39 is 0 Å². The smallest absolute Gasteiger partial charge is 0.274 e. The number of nitrogens with one attached hydrogen (secondary N) is 2. The predicted octanol–water partition coefficient (Wildman–Crippen LogP) is 2.50. The van der Waals surface area contributed by atoms with Gasteiger partial charge in [0.2, 0.25) is 0 Å². The van der Waals surface area contributed by atoms with Crippen molar-refractivity contribution in [2.75, 3.05) is 11.6 Å². The number of thioether (sulfide) groups is 1. The Morgan fingerprint density at radius 1 is 1.33 bits per heavy atom. The van der Waals surface area contributed by atoms with Crippen LogP contribution in [0.1, 0.15) is 27.4 Å². The van der Waals surface area contributed by atoms with Crippen LogP contribution in [0.25, 0.3) is 0 Å². The molecule has 1 heterocycles. The van der Waals surface area contributed by atoms with Crippen LogP contribution in [0.2, 0.25) is 0 Å². The lowest BCUT2D eigenvalue weighted by atomic mass is 10.1. The summed E-state index contributed by atoms with van der Waals surface area (Å²) in [6, 6.07) is 7.00. The third-order valence-electron chi connectivity index (χ3n) is 3.02. The first-order chi connectivity index (χ1) is 10.0. The van der Waals surface area contributed by atoms with Crippen LogP contribution < -0.4 is 10.9 Å². The number of nitrogens with zero attached hydrogens (tertiary/aromatic N) is 1. The minimum absolute atomic E-state index is 0.130. The van der Waals surface area contributed by atoms with E-state index in [4.69, 9.17) is 0 Å². The third kappa shape index (κ3) is 3.72. The standard InChI is InChI=1S/C15H17N3O2S/c1-9-5-4-6-10(2)14(9)18-15(20)11-7-13(19)17-12(16-11)8-21-3/h4-7H,8H2,1-3H3,(H,18,20)(H,16,17,19). The Bertz CT molecular complexity index is 705. The van der Waals surface area contributed by atoms with Gasteiger partial charge in [-0.25, -0.2) is 4.98 Å². The second-order valence-corrected chi connectivity index (χ2v) is 5.60. The molecule has 5 nitrogen and oxygen atoms in total. The van der Waals surface area contributed by atoms with E-state index in [1.54, 1.807) is 0 Å². The van der Waals surface area contributed by atoms with Crippen molar-refractivity contribution in [1.82, 2.24) is 9.97 Å². The Hall–Kier alpha value is -2.08. The molecule has 6 heteroatoms. The molecule has 1 aromatic heterocycles. The van der Waals surface area contributed by atoms with Gasteiger partial charge in [-0.05, 0) is 31.2 Å². The number of aromatic nitrogens is 2. The molecule has 1 amide bonds. The molecule has 2 rings (SSSR count). The molecule has 0 radical (unpaired) electrons. The monoisotopic (exact) mass is 303 g/mol. The van der Waals surface area contributed by atoms with E-state index in [1.807, 2.05) is 38.3 Å². The van der Waals surface area contributed by atoms with Gasteiger partial charge in [0.15, 0.2) is 0 Å². The highest BCUT2D eigenvalue weighted by Crippen LogP contribution is 2.19. The van der Waals surface area contributed by atoms with Gasteiger partial charge in [0.1, 0.15) is 11.5 Å². The molecule has 0 unspecified atom stereocenters. The van der Waals surface area contributed by atoms with Crippen LogP contribution in [0.5, 0.6) is 0 Å². The van der Waals surface area contributed by atoms with E-state index in [-0.39, 0.29) is 17.2 Å². The number of carbonyl (C=O) groups excluding carboxylic acids is 1. The van der Waals surface area contributed by atoms with Gasteiger partial charge in [-0.1, -0.05) is 18.2 Å². The second-order valence-electron chi connectivity index (χ2n) is 4.73. The average Bonchev–Trinajstić information content (AvgIpc) is 2.42. The molecule has 2 aromatic rings. The van der Waals surface area contributed by atoms with Crippen LogP contribution in [0.4, 0.5) is 5.69 Å². The summed E-state index contributed by atoms with van der Waals surface area (Å²) in [6.07, 6.45) is 1.91. The van der Waals surface area contributed by atoms with Crippen molar-refractivity contribution in [3.63, 3.8) is 0 Å². The maximum atomic E-state index is 12.3. The number of aryl methyl sites for hydroxylation is 2. The van der Waals surface area contributed by atoms with Gasteiger partial charge >= 0.3 is 0 Å². The predicted molar refractivity (Wildman–Crippen MR) is 85.9 cm³/mol. The van der Waals surface area contributed by atoms with Crippen LogP contribution in [-0.2, 0) is 5.75 Å². The number of amides is 1. The zero-order valence-corrected chi connectivity index (χ0v) is 13.0. The number of para-hydroxylation sites is 1. The minimum atomic E-state index is -0.374. The molecule has 21 heavy (non-hydrogen) atoms. The first-order valence-electron chi connectivity index (χ1n) is 6.48. The Labute approximate surface area is 127 Å². The van der Waals surface area contributed by atoms with Crippen molar-refractivity contribution < 1.29 is 4.79 Å². The van der Waals surface area contributed by atoms with Gasteiger partial charge in [-0.15, -0.1) is 0 Å². The second kappa shape index (κ2) is 6.58. The minimum Gasteiger partial charge on any atom is -0.320 e. The molecule has 0 bridgehead atoms. The Balaban J connectivity index is 2.30. The molecule has 2 N–H and O–H groups in total. The largest absolute Gasteiger partial charge is 0.320 e. The lowest BCUT2D eigenvalue weighted by molar-refractivity contribution is 0.102. The fourth-order valence-electron chi connectivity index (χ4n) is 2.02. The van der Waals surface area contributed by atoms with Gasteiger partial charge < -0.3 is 10.3 Å². The zero-order chi connectivity index (χ0) is 15.4. The molecule has 0 atom stereocenters. The molecule has 0 saturated carbocycles. The number of hydrogen-bond acceptors (Lipinski definition) is 4. The molecule has 0 aliphatic rings. The van der Waals surface area contributed by atoms with Crippen molar-refractivity contribution in [2.24, 2.45) is 0 Å². The van der Waals surface area contributed by atoms with E-state index in [0.29, 0.717) is 11.6 Å². The Morgan fingerprint density at radius 2 is 2.00 bits per heavy atom. The van der Waals surface area contributed by atoms with E-state index in [1.165, 1.54) is 17.8 Å². The third-order valence-corrected chi connectivity index (χ3v) is 3.59. The molecule has 110 valence electrons. The highest BCUT2D eigenvalue weighted by Gasteiger charge is 2.12. The van der Waals surface area contributed by atoms with Crippen LogP contribution in [0, 0.1) is 13.8 Å². The van der Waals surface area contributed by atoms with Crippen LogP contribution in [0.15, 0.2) is 29.1 Å². The van der Waals surface area contributed by atoms with E-state index >= 15 is 0 Å². The van der Waals surface area contributed by atoms with Gasteiger partial charge in [0, 0.05) is 11.8 Å². The summed E-state index contributed by atoms with van der Waals surface area (Å²) >= 11 is 1.53. The van der Waals surface area contributed by atoms with Gasteiger partial charge in [-0.2, -0.15) is 11.8 Å². The summed E-state index contributed by atoms with van der Waals surface area (Å²) in [5.74, 6) is 0.683. The lowest BCUT2D eigenvalue weighted by Crippen LogP contribution is -2.20. The maximum Gasteiger partial charge on any atom is 0.274 e. The molecule has 0 aliphatic carbocycles. The van der Waals surface area contributed by atoms with E-state index in [0.717, 1.165) is 16.8 Å². The van der Waals surface area contributed by atoms with Gasteiger partial charge in [0.05, 0.1) is 5.75 Å². The van der Waals surface area contributed by atoms with Crippen molar-refractivity contribution >= 4 is 23.4 Å². The number of benzene rings is 1. The van der Waals surface area contributed by atoms with E-state index in [2.05, 4.69) is 15.3 Å². The summed E-state index contributed by atoms with van der Waals surface area (Å²) in [4.78, 5) is 30.7. The SMILES string of the molecule is CSCc1nc(C(=O)Nc2c(C)cccc2C)cc(=O)[nH]1.